The molecule has 27 heavy (non-hydrogen) atoms. The van der Waals surface area contributed by atoms with Gasteiger partial charge in [0.05, 0.1) is 24.9 Å². The van der Waals surface area contributed by atoms with Gasteiger partial charge in [0.2, 0.25) is 11.8 Å². The number of hydrogen-bond acceptors (Lipinski definition) is 5. The number of carbonyl (C=O) groups excluding carboxylic acids is 2. The van der Waals surface area contributed by atoms with Crippen molar-refractivity contribution in [3.63, 3.8) is 0 Å². The van der Waals surface area contributed by atoms with Crippen LogP contribution in [0.4, 0.5) is 5.69 Å². The molecule has 0 saturated heterocycles. The molecule has 0 unspecified atom stereocenters. The molecule has 2 aromatic rings. The zero-order valence-corrected chi connectivity index (χ0v) is 16.8. The molecule has 0 aliphatic carbocycles. The highest BCUT2D eigenvalue weighted by atomic mass is 79.9. The highest BCUT2D eigenvalue weighted by Crippen LogP contribution is 2.35. The van der Waals surface area contributed by atoms with Crippen molar-refractivity contribution in [3.05, 3.63) is 52.0 Å². The zero-order chi connectivity index (χ0) is 19.8. The van der Waals surface area contributed by atoms with E-state index in [1.165, 1.54) is 20.4 Å². The largest absolute Gasteiger partial charge is 0.493 e. The predicted molar refractivity (Wildman–Crippen MR) is 107 cm³/mol. The van der Waals surface area contributed by atoms with Crippen molar-refractivity contribution in [3.8, 4) is 11.5 Å². The minimum Gasteiger partial charge on any atom is -0.493 e. The topological polar surface area (TPSA) is 89.0 Å². The van der Waals surface area contributed by atoms with E-state index in [1.807, 2.05) is 19.1 Å². The van der Waals surface area contributed by atoms with E-state index in [-0.39, 0.29) is 6.42 Å². The average molecular weight is 434 g/mol. The molecule has 8 heteroatoms. The van der Waals surface area contributed by atoms with Gasteiger partial charge in [-0.15, -0.1) is 0 Å². The summed E-state index contributed by atoms with van der Waals surface area (Å²) in [4.78, 5) is 23.7. The van der Waals surface area contributed by atoms with Crippen molar-refractivity contribution >= 4 is 39.6 Å². The third kappa shape index (κ3) is 6.10. The number of hydrogen-bond donors (Lipinski definition) is 2. The Kier molecular flexibility index (Phi) is 7.36. The third-order valence-electron chi connectivity index (χ3n) is 3.52. The molecule has 0 aromatic heterocycles. The number of ether oxygens (including phenoxy) is 2. The fourth-order valence-corrected chi connectivity index (χ4v) is 2.84. The lowest BCUT2D eigenvalue weighted by molar-refractivity contribution is -0.126. The van der Waals surface area contributed by atoms with E-state index in [0.29, 0.717) is 27.2 Å². The Hall–Kier alpha value is -2.87. The molecule has 142 valence electrons. The summed E-state index contributed by atoms with van der Waals surface area (Å²) < 4.78 is 11.2. The van der Waals surface area contributed by atoms with Crippen molar-refractivity contribution in [2.45, 2.75) is 13.3 Å². The maximum atomic E-state index is 11.9. The van der Waals surface area contributed by atoms with Gasteiger partial charge in [0.25, 0.3) is 0 Å². The average Bonchev–Trinajstić information content (AvgIpc) is 2.63. The summed E-state index contributed by atoms with van der Waals surface area (Å²) >= 11 is 3.38. The number of aryl methyl sites for hydroxylation is 1. The quantitative estimate of drug-likeness (QED) is 0.398. The zero-order valence-electron chi connectivity index (χ0n) is 15.2. The summed E-state index contributed by atoms with van der Waals surface area (Å²) in [6, 6.07) is 10.8. The normalized spacial score (nSPS) is 10.5. The van der Waals surface area contributed by atoms with Crippen LogP contribution in [0.3, 0.4) is 0 Å². The first-order valence-corrected chi connectivity index (χ1v) is 8.82. The van der Waals surface area contributed by atoms with Crippen LogP contribution in [0.15, 0.2) is 46.0 Å². The Morgan fingerprint density at radius 2 is 1.81 bits per heavy atom. The summed E-state index contributed by atoms with van der Waals surface area (Å²) in [5, 5.41) is 6.52. The summed E-state index contributed by atoms with van der Waals surface area (Å²) in [5.41, 5.74) is 4.73. The molecule has 2 N–H and O–H groups in total. The number of amides is 2. The number of hydrazone groups is 1. The number of anilines is 1. The maximum absolute atomic E-state index is 11.9. The number of nitrogens with zero attached hydrogens (tertiary/aromatic N) is 1. The predicted octanol–water partition coefficient (Wildman–Crippen LogP) is 3.25. The molecule has 0 fully saturated rings. The molecule has 0 atom stereocenters. The summed E-state index contributed by atoms with van der Waals surface area (Å²) in [7, 11) is 3.07. The van der Waals surface area contributed by atoms with Gasteiger partial charge in [0.1, 0.15) is 6.42 Å². The molecule has 0 radical (unpaired) electrons. The lowest BCUT2D eigenvalue weighted by atomic mass is 10.2. The second kappa shape index (κ2) is 9.72. The smallest absolute Gasteiger partial charge is 0.249 e. The summed E-state index contributed by atoms with van der Waals surface area (Å²) in [6.45, 7) is 1.95. The minimum absolute atomic E-state index is 0.332. The van der Waals surface area contributed by atoms with Crippen LogP contribution >= 0.6 is 15.9 Å². The van der Waals surface area contributed by atoms with Crippen LogP contribution in [-0.4, -0.2) is 32.2 Å². The van der Waals surface area contributed by atoms with Crippen LogP contribution < -0.4 is 20.2 Å². The van der Waals surface area contributed by atoms with E-state index in [9.17, 15) is 9.59 Å². The number of nitrogens with one attached hydrogen (secondary N) is 2. The van der Waals surface area contributed by atoms with Gasteiger partial charge in [0.15, 0.2) is 11.5 Å². The van der Waals surface area contributed by atoms with E-state index >= 15 is 0 Å². The van der Waals surface area contributed by atoms with E-state index in [0.717, 1.165) is 5.56 Å². The van der Waals surface area contributed by atoms with E-state index in [4.69, 9.17) is 9.47 Å². The van der Waals surface area contributed by atoms with E-state index < -0.39 is 11.8 Å². The fourth-order valence-electron chi connectivity index (χ4n) is 2.22. The second-order valence-corrected chi connectivity index (χ2v) is 6.48. The Balaban J connectivity index is 1.90. The van der Waals surface area contributed by atoms with E-state index in [1.54, 1.807) is 24.3 Å². The van der Waals surface area contributed by atoms with Crippen molar-refractivity contribution < 1.29 is 19.1 Å². The van der Waals surface area contributed by atoms with Gasteiger partial charge in [0, 0.05) is 5.69 Å². The van der Waals surface area contributed by atoms with Crippen LogP contribution in [0.25, 0.3) is 0 Å². The van der Waals surface area contributed by atoms with Crippen molar-refractivity contribution in [1.82, 2.24) is 5.43 Å². The van der Waals surface area contributed by atoms with Gasteiger partial charge < -0.3 is 14.8 Å². The molecule has 2 amide bonds. The highest BCUT2D eigenvalue weighted by molar-refractivity contribution is 9.10. The third-order valence-corrected chi connectivity index (χ3v) is 4.10. The number of carbonyl (C=O) groups is 2. The van der Waals surface area contributed by atoms with Crippen molar-refractivity contribution in [2.75, 3.05) is 19.5 Å². The second-order valence-electron chi connectivity index (χ2n) is 5.62. The molecule has 0 saturated carbocycles. The Morgan fingerprint density at radius 1 is 1.11 bits per heavy atom. The molecule has 0 spiro atoms. The molecule has 2 aromatic carbocycles. The number of halogens is 1. The summed E-state index contributed by atoms with van der Waals surface area (Å²) in [6.07, 6.45) is 1.11. The van der Waals surface area contributed by atoms with Gasteiger partial charge in [-0.1, -0.05) is 17.7 Å². The van der Waals surface area contributed by atoms with Crippen LogP contribution in [0.5, 0.6) is 11.5 Å². The monoisotopic (exact) mass is 433 g/mol. The molecule has 0 aliphatic heterocycles. The molecule has 0 heterocycles. The van der Waals surface area contributed by atoms with Crippen LogP contribution in [0.2, 0.25) is 0 Å². The van der Waals surface area contributed by atoms with Gasteiger partial charge >= 0.3 is 0 Å². The minimum atomic E-state index is -0.518. The first kappa shape index (κ1) is 20.4. The van der Waals surface area contributed by atoms with Gasteiger partial charge in [-0.25, -0.2) is 5.43 Å². The number of benzene rings is 2. The number of methoxy groups -OCH3 is 2. The Labute approximate surface area is 165 Å². The van der Waals surface area contributed by atoms with Crippen LogP contribution in [0.1, 0.15) is 17.5 Å². The lowest BCUT2D eigenvalue weighted by Crippen LogP contribution is -2.24. The maximum Gasteiger partial charge on any atom is 0.249 e. The van der Waals surface area contributed by atoms with Crippen LogP contribution in [0, 0.1) is 6.92 Å². The molecule has 7 nitrogen and oxygen atoms in total. The van der Waals surface area contributed by atoms with Gasteiger partial charge in [-0.05, 0) is 52.7 Å². The van der Waals surface area contributed by atoms with Crippen molar-refractivity contribution in [2.24, 2.45) is 5.10 Å². The standard InChI is InChI=1S/C19H20BrN3O4/c1-12-4-6-14(7-5-12)22-17(24)10-18(25)23-21-11-13-8-15(20)19(27-3)16(9-13)26-2/h4-9,11H,10H2,1-3H3,(H,22,24)(H,23,25). The number of rotatable bonds is 7. The van der Waals surface area contributed by atoms with Crippen LogP contribution in [-0.2, 0) is 9.59 Å². The van der Waals surface area contributed by atoms with Gasteiger partial charge in [-0.3, -0.25) is 9.59 Å². The van der Waals surface area contributed by atoms with Gasteiger partial charge in [-0.2, -0.15) is 5.10 Å². The first-order chi connectivity index (χ1) is 12.9. The molecular formula is C19H20BrN3O4. The Morgan fingerprint density at radius 3 is 2.44 bits per heavy atom. The molecule has 0 aliphatic rings. The van der Waals surface area contributed by atoms with E-state index in [2.05, 4.69) is 31.8 Å². The Bertz CT molecular complexity index is 851. The fraction of sp³-hybridized carbons (Fsp3) is 0.211. The molecule has 2 rings (SSSR count). The lowest BCUT2D eigenvalue weighted by Gasteiger charge is -2.10. The summed E-state index contributed by atoms with van der Waals surface area (Å²) in [5.74, 6) is 0.152. The highest BCUT2D eigenvalue weighted by Gasteiger charge is 2.11. The molecule has 0 bridgehead atoms. The molecular weight excluding hydrogens is 414 g/mol. The SMILES string of the molecule is COc1cc(C=NNC(=O)CC(=O)Nc2ccc(C)cc2)cc(Br)c1OC. The first-order valence-electron chi connectivity index (χ1n) is 8.03. The van der Waals surface area contributed by atoms with Crippen molar-refractivity contribution in [1.29, 1.82) is 0 Å².